The molecule has 46 heavy (non-hydrogen) atoms. The van der Waals surface area contributed by atoms with E-state index >= 15 is 0 Å². The summed E-state index contributed by atoms with van der Waals surface area (Å²) in [4.78, 5) is 30.1. The van der Waals surface area contributed by atoms with E-state index in [1.54, 1.807) is 30.3 Å². The van der Waals surface area contributed by atoms with Gasteiger partial charge in [0.15, 0.2) is 15.4 Å². The number of ether oxygens (including phenoxy) is 1. The molecule has 0 unspecified atom stereocenters. The van der Waals surface area contributed by atoms with E-state index in [0.29, 0.717) is 11.1 Å². The Labute approximate surface area is 264 Å². The average molecular weight is 677 g/mol. The van der Waals surface area contributed by atoms with Gasteiger partial charge in [-0.05, 0) is 43.7 Å². The molecule has 0 bridgehead atoms. The molecule has 0 radical (unpaired) electrons. The van der Waals surface area contributed by atoms with Crippen LogP contribution in [0.5, 0.6) is 5.75 Å². The molecule has 0 saturated carbocycles. The third-order valence-electron chi connectivity index (χ3n) is 6.40. The summed E-state index contributed by atoms with van der Waals surface area (Å²) in [5, 5.41) is 0.974. The van der Waals surface area contributed by atoms with Crippen LogP contribution in [0.25, 0.3) is 11.1 Å². The van der Waals surface area contributed by atoms with Gasteiger partial charge in [0.25, 0.3) is 15.9 Å². The largest absolute Gasteiger partial charge is 0.435 e. The van der Waals surface area contributed by atoms with Gasteiger partial charge in [-0.3, -0.25) is 20.0 Å². The van der Waals surface area contributed by atoms with E-state index in [2.05, 4.69) is 19.5 Å². The number of alkyl halides is 2. The van der Waals surface area contributed by atoms with Crippen LogP contribution in [0, 0.1) is 0 Å². The molecule has 0 aliphatic carbocycles. The van der Waals surface area contributed by atoms with Crippen molar-refractivity contribution in [1.82, 2.24) is 15.4 Å². The number of para-hydroxylation sites is 3. The number of sulfonamides is 1. The van der Waals surface area contributed by atoms with Gasteiger partial charge >= 0.3 is 6.61 Å². The molecule has 1 aromatic heterocycles. The molecule has 0 aliphatic rings. The van der Waals surface area contributed by atoms with Crippen LogP contribution in [0.4, 0.5) is 8.78 Å². The first-order valence-electron chi connectivity index (χ1n) is 13.9. The maximum atomic E-state index is 13.2. The molecular formula is C30H30F2N4O8S2. The Hall–Kier alpha value is -4.70. The molecule has 4 aromatic rings. The number of oxazole rings is 1. The fourth-order valence-corrected chi connectivity index (χ4v) is 6.65. The zero-order valence-electron chi connectivity index (χ0n) is 24.5. The lowest BCUT2D eigenvalue weighted by molar-refractivity contribution is -0.132. The number of amides is 1. The van der Waals surface area contributed by atoms with Crippen LogP contribution in [-0.4, -0.2) is 63.3 Å². The molecule has 1 heterocycles. The van der Waals surface area contributed by atoms with Crippen molar-refractivity contribution >= 4 is 48.5 Å². The summed E-state index contributed by atoms with van der Waals surface area (Å²) >= 11 is 0. The van der Waals surface area contributed by atoms with Crippen LogP contribution in [0.3, 0.4) is 0 Å². The molecular weight excluding hydrogens is 646 g/mol. The van der Waals surface area contributed by atoms with Gasteiger partial charge in [0, 0.05) is 24.9 Å². The minimum atomic E-state index is -4.14. The van der Waals surface area contributed by atoms with Crippen LogP contribution in [0.15, 0.2) is 92.6 Å². The smallest absolute Gasteiger partial charge is 0.387 e. The number of nitrogens with one attached hydrogen (secondary N) is 1. The van der Waals surface area contributed by atoms with Crippen molar-refractivity contribution in [3.05, 3.63) is 90.3 Å². The predicted octanol–water partition coefficient (Wildman–Crippen LogP) is 4.54. The van der Waals surface area contributed by atoms with Gasteiger partial charge in [0.1, 0.15) is 17.1 Å². The number of carbonyl (C=O) groups excluding carboxylic acids is 2. The minimum Gasteiger partial charge on any atom is -0.435 e. The van der Waals surface area contributed by atoms with E-state index in [1.807, 2.05) is 0 Å². The summed E-state index contributed by atoms with van der Waals surface area (Å²) < 4.78 is 90.3. The first-order valence-corrected chi connectivity index (χ1v) is 17.1. The van der Waals surface area contributed by atoms with E-state index in [-0.39, 0.29) is 47.3 Å². The first-order chi connectivity index (χ1) is 21.8. The van der Waals surface area contributed by atoms with Crippen molar-refractivity contribution in [1.29, 1.82) is 0 Å². The van der Waals surface area contributed by atoms with Crippen LogP contribution in [-0.2, 0) is 30.4 Å². The fourth-order valence-electron chi connectivity index (χ4n) is 4.30. The molecule has 0 aliphatic heterocycles. The van der Waals surface area contributed by atoms with Crippen LogP contribution >= 0.6 is 0 Å². The Morgan fingerprint density at radius 3 is 2.35 bits per heavy atom. The molecule has 16 heteroatoms. The highest BCUT2D eigenvalue weighted by Gasteiger charge is 2.23. The number of sulfone groups is 1. The highest BCUT2D eigenvalue weighted by molar-refractivity contribution is 7.90. The van der Waals surface area contributed by atoms with Crippen molar-refractivity contribution in [2.75, 3.05) is 12.3 Å². The Morgan fingerprint density at radius 2 is 1.63 bits per heavy atom. The highest BCUT2D eigenvalue weighted by atomic mass is 32.2. The second kappa shape index (κ2) is 15.1. The molecule has 0 saturated heterocycles. The second-order valence-corrected chi connectivity index (χ2v) is 13.8. The van der Waals surface area contributed by atoms with Crippen molar-refractivity contribution in [3.63, 3.8) is 0 Å². The topological polar surface area (TPSA) is 165 Å². The van der Waals surface area contributed by atoms with Gasteiger partial charge in [0.2, 0.25) is 11.7 Å². The Morgan fingerprint density at radius 1 is 0.957 bits per heavy atom. The summed E-state index contributed by atoms with van der Waals surface area (Å²) in [5.74, 6) is -3.11. The number of hydrazine groups is 1. The number of carbonyl (C=O) groups is 2. The third-order valence-corrected chi connectivity index (χ3v) is 9.36. The van der Waals surface area contributed by atoms with Gasteiger partial charge in [0.05, 0.1) is 16.4 Å². The van der Waals surface area contributed by atoms with Gasteiger partial charge in [-0.25, -0.2) is 13.4 Å². The Bertz CT molecular complexity index is 1900. The number of fused-ring (bicyclic) bond motifs is 1. The number of hydrogen-bond donors (Lipinski definition) is 1. The monoisotopic (exact) mass is 676 g/mol. The second-order valence-electron chi connectivity index (χ2n) is 9.96. The molecule has 4 rings (SSSR count). The number of halogens is 2. The van der Waals surface area contributed by atoms with Crippen LogP contribution in [0.1, 0.15) is 42.4 Å². The lowest BCUT2D eigenvalue weighted by atomic mass is 10.2. The van der Waals surface area contributed by atoms with Gasteiger partial charge in [-0.1, -0.05) is 48.5 Å². The summed E-state index contributed by atoms with van der Waals surface area (Å²) in [6.07, 6.45) is -0.582. The molecule has 1 N–H and O–H groups in total. The van der Waals surface area contributed by atoms with Gasteiger partial charge < -0.3 is 9.15 Å². The molecule has 0 spiro atoms. The summed E-state index contributed by atoms with van der Waals surface area (Å²) in [6.45, 7) is -2.00. The van der Waals surface area contributed by atoms with Gasteiger partial charge in [-0.2, -0.15) is 17.2 Å². The number of rotatable bonds is 14. The average Bonchev–Trinajstić information content (AvgIpc) is 3.45. The number of benzene rings is 3. The summed E-state index contributed by atoms with van der Waals surface area (Å²) in [7, 11) is -8.14. The SMILES string of the molecule is CC(=NS(=O)(=O)c1ccccc1)NN(CCCC(=O)c1nc2ccccc2o1)C(=O)CCS(=O)(=O)Cc1ccccc1OC(F)F. The van der Waals surface area contributed by atoms with E-state index in [0.717, 1.165) is 5.01 Å². The zero-order chi connectivity index (χ0) is 33.3. The first kappa shape index (κ1) is 34.2. The number of amidine groups is 1. The van der Waals surface area contributed by atoms with Crippen LogP contribution in [0.2, 0.25) is 0 Å². The normalized spacial score (nSPS) is 12.3. The Balaban J connectivity index is 1.45. The van der Waals surface area contributed by atoms with E-state index in [4.69, 9.17) is 4.42 Å². The number of nitrogens with zero attached hydrogens (tertiary/aromatic N) is 3. The van der Waals surface area contributed by atoms with E-state index in [9.17, 15) is 35.2 Å². The zero-order valence-corrected chi connectivity index (χ0v) is 26.1. The summed E-state index contributed by atoms with van der Waals surface area (Å²) in [5.41, 5.74) is 3.53. The fraction of sp³-hybridized carbons (Fsp3) is 0.267. The van der Waals surface area contributed by atoms with Crippen molar-refractivity contribution in [2.45, 2.75) is 43.4 Å². The molecule has 3 aromatic carbocycles. The molecule has 244 valence electrons. The lowest BCUT2D eigenvalue weighted by Gasteiger charge is -2.24. The molecule has 0 atom stereocenters. The highest BCUT2D eigenvalue weighted by Crippen LogP contribution is 2.23. The quantitative estimate of drug-likeness (QED) is 0.0868. The maximum absolute atomic E-state index is 13.2. The van der Waals surface area contributed by atoms with Crippen molar-refractivity contribution < 1.29 is 44.4 Å². The Kier molecular flexibility index (Phi) is 11.2. The van der Waals surface area contributed by atoms with Crippen molar-refractivity contribution in [2.24, 2.45) is 4.40 Å². The van der Waals surface area contributed by atoms with Crippen molar-refractivity contribution in [3.8, 4) is 5.75 Å². The molecule has 12 nitrogen and oxygen atoms in total. The number of hydrogen-bond acceptors (Lipinski definition) is 9. The maximum Gasteiger partial charge on any atom is 0.387 e. The minimum absolute atomic E-state index is 0.00274. The van der Waals surface area contributed by atoms with Crippen LogP contribution < -0.4 is 10.2 Å². The number of aromatic nitrogens is 1. The lowest BCUT2D eigenvalue weighted by Crippen LogP contribution is -2.46. The van der Waals surface area contributed by atoms with Gasteiger partial charge in [-0.15, -0.1) is 4.40 Å². The number of ketones is 1. The standard InChI is InChI=1S/C30H30F2N4O8S2/c1-21(35-46(41,42)23-11-3-2-4-12-23)34-36(18-9-14-25(37)29-33-24-13-6-8-16-27(24)43-29)28(38)17-19-45(39,40)20-22-10-5-7-15-26(22)44-30(31)32/h2-8,10-13,15-16,30H,9,14,17-20H2,1H3,(H,34,35). The number of Topliss-reactive ketones (excluding diaryl/α,β-unsaturated/α-hetero) is 1. The predicted molar refractivity (Wildman–Crippen MR) is 164 cm³/mol. The van der Waals surface area contributed by atoms with E-state index in [1.165, 1.54) is 55.5 Å². The summed E-state index contributed by atoms with van der Waals surface area (Å²) in [6, 6.07) is 19.6. The third kappa shape index (κ3) is 9.65. The molecule has 0 fully saturated rings. The molecule has 1 amide bonds. The van der Waals surface area contributed by atoms with E-state index < -0.39 is 56.1 Å².